The van der Waals surface area contributed by atoms with Crippen LogP contribution in [0.25, 0.3) is 16.6 Å². The SMILES string of the molecule is O=C(Nc1ccc(F)cc1F)c1ccc2c(=O)n(-c3ccccc3)c(=S)[nH]c2c1. The number of benzene rings is 3. The van der Waals surface area contributed by atoms with Crippen LogP contribution in [0.4, 0.5) is 14.5 Å². The van der Waals surface area contributed by atoms with Crippen molar-refractivity contribution in [3.63, 3.8) is 0 Å². The van der Waals surface area contributed by atoms with E-state index in [2.05, 4.69) is 10.3 Å². The maximum absolute atomic E-state index is 13.8. The van der Waals surface area contributed by atoms with Gasteiger partial charge in [-0.15, -0.1) is 0 Å². The third kappa shape index (κ3) is 3.57. The van der Waals surface area contributed by atoms with Gasteiger partial charge in [0.05, 0.1) is 22.3 Å². The number of aromatic nitrogens is 2. The average molecular weight is 409 g/mol. The predicted molar refractivity (Wildman–Crippen MR) is 109 cm³/mol. The Morgan fingerprint density at radius 2 is 1.76 bits per heavy atom. The van der Waals surface area contributed by atoms with E-state index in [0.717, 1.165) is 12.1 Å². The number of para-hydroxylation sites is 1. The van der Waals surface area contributed by atoms with Gasteiger partial charge in [-0.3, -0.25) is 14.2 Å². The molecule has 8 heteroatoms. The first-order valence-corrected chi connectivity index (χ1v) is 8.96. The lowest BCUT2D eigenvalue weighted by atomic mass is 10.1. The number of halogens is 2. The molecule has 0 saturated heterocycles. The van der Waals surface area contributed by atoms with Crippen molar-refractivity contribution in [1.29, 1.82) is 0 Å². The number of anilines is 1. The molecule has 1 amide bonds. The van der Waals surface area contributed by atoms with E-state index < -0.39 is 17.5 Å². The fraction of sp³-hybridized carbons (Fsp3) is 0. The van der Waals surface area contributed by atoms with Gasteiger partial charge in [0, 0.05) is 11.6 Å². The molecule has 3 aromatic carbocycles. The fourth-order valence-corrected chi connectivity index (χ4v) is 3.25. The van der Waals surface area contributed by atoms with E-state index in [0.29, 0.717) is 22.7 Å². The van der Waals surface area contributed by atoms with Crippen LogP contribution in [0, 0.1) is 16.4 Å². The number of hydrogen-bond donors (Lipinski definition) is 2. The minimum atomic E-state index is -0.885. The molecular weight excluding hydrogens is 396 g/mol. The van der Waals surface area contributed by atoms with Crippen LogP contribution in [0.2, 0.25) is 0 Å². The Bertz CT molecular complexity index is 1360. The summed E-state index contributed by atoms with van der Waals surface area (Å²) in [6.07, 6.45) is 0. The van der Waals surface area contributed by atoms with Crippen LogP contribution in [0.15, 0.2) is 71.5 Å². The van der Waals surface area contributed by atoms with Crippen LogP contribution in [-0.2, 0) is 0 Å². The van der Waals surface area contributed by atoms with Gasteiger partial charge < -0.3 is 10.3 Å². The van der Waals surface area contributed by atoms with E-state index in [9.17, 15) is 18.4 Å². The van der Waals surface area contributed by atoms with Crippen LogP contribution < -0.4 is 10.9 Å². The maximum Gasteiger partial charge on any atom is 0.266 e. The molecule has 1 heterocycles. The summed E-state index contributed by atoms with van der Waals surface area (Å²) in [5.74, 6) is -2.23. The number of nitrogens with zero attached hydrogens (tertiary/aromatic N) is 1. The highest BCUT2D eigenvalue weighted by molar-refractivity contribution is 7.71. The number of nitrogens with one attached hydrogen (secondary N) is 2. The molecule has 0 saturated carbocycles. The minimum absolute atomic E-state index is 0.149. The number of hydrogen-bond acceptors (Lipinski definition) is 3. The smallest absolute Gasteiger partial charge is 0.266 e. The van der Waals surface area contributed by atoms with E-state index in [1.807, 2.05) is 6.07 Å². The quantitative estimate of drug-likeness (QED) is 0.487. The summed E-state index contributed by atoms with van der Waals surface area (Å²) in [6, 6.07) is 16.2. The second-order valence-electron chi connectivity index (χ2n) is 6.24. The standard InChI is InChI=1S/C21H13F2N3O2S/c22-13-7-9-17(16(23)11-13)24-19(27)12-6-8-15-18(10-12)25-21(29)26(20(15)28)14-4-2-1-3-5-14/h1-11H,(H,24,27)(H,25,29). The molecule has 0 radical (unpaired) electrons. The third-order valence-electron chi connectivity index (χ3n) is 4.35. The zero-order valence-electron chi connectivity index (χ0n) is 14.8. The number of fused-ring (bicyclic) bond motifs is 1. The average Bonchev–Trinajstić information content (AvgIpc) is 2.70. The number of carbonyl (C=O) groups is 1. The topological polar surface area (TPSA) is 66.9 Å². The van der Waals surface area contributed by atoms with Gasteiger partial charge in [0.25, 0.3) is 11.5 Å². The van der Waals surface area contributed by atoms with Gasteiger partial charge in [0.15, 0.2) is 4.77 Å². The predicted octanol–water partition coefficient (Wildman–Crippen LogP) is 4.58. The molecule has 29 heavy (non-hydrogen) atoms. The first-order valence-electron chi connectivity index (χ1n) is 8.55. The van der Waals surface area contributed by atoms with Gasteiger partial charge in [-0.25, -0.2) is 8.78 Å². The van der Waals surface area contributed by atoms with Crippen LogP contribution in [-0.4, -0.2) is 15.5 Å². The number of H-pyrrole nitrogens is 1. The molecule has 144 valence electrons. The second-order valence-corrected chi connectivity index (χ2v) is 6.63. The summed E-state index contributed by atoms with van der Waals surface area (Å²) in [4.78, 5) is 28.3. The van der Waals surface area contributed by atoms with E-state index >= 15 is 0 Å². The Morgan fingerprint density at radius 3 is 2.48 bits per heavy atom. The Balaban J connectivity index is 1.74. The molecular formula is C21H13F2N3O2S. The van der Waals surface area contributed by atoms with Crippen molar-refractivity contribution in [3.05, 3.63) is 99.1 Å². The number of carbonyl (C=O) groups excluding carboxylic acids is 1. The molecule has 0 aliphatic heterocycles. The molecule has 0 aliphatic carbocycles. The van der Waals surface area contributed by atoms with Gasteiger partial charge in [-0.05, 0) is 54.7 Å². The van der Waals surface area contributed by atoms with Crippen LogP contribution >= 0.6 is 12.2 Å². The van der Waals surface area contributed by atoms with E-state index in [4.69, 9.17) is 12.2 Å². The summed E-state index contributed by atoms with van der Waals surface area (Å²) in [7, 11) is 0. The van der Waals surface area contributed by atoms with E-state index in [1.54, 1.807) is 24.3 Å². The van der Waals surface area contributed by atoms with Gasteiger partial charge in [0.1, 0.15) is 11.6 Å². The Labute approximate surface area is 168 Å². The molecule has 0 bridgehead atoms. The summed E-state index contributed by atoms with van der Waals surface area (Å²) in [5, 5.41) is 2.72. The molecule has 4 rings (SSSR count). The molecule has 0 fully saturated rings. The fourth-order valence-electron chi connectivity index (χ4n) is 2.96. The maximum atomic E-state index is 13.8. The number of rotatable bonds is 3. The zero-order valence-corrected chi connectivity index (χ0v) is 15.6. The highest BCUT2D eigenvalue weighted by Crippen LogP contribution is 2.18. The van der Waals surface area contributed by atoms with Gasteiger partial charge in [-0.1, -0.05) is 18.2 Å². The van der Waals surface area contributed by atoms with Gasteiger partial charge in [0.2, 0.25) is 0 Å². The van der Waals surface area contributed by atoms with Gasteiger partial charge >= 0.3 is 0 Å². The van der Waals surface area contributed by atoms with Gasteiger partial charge in [-0.2, -0.15) is 0 Å². The summed E-state index contributed by atoms with van der Waals surface area (Å²) in [6.45, 7) is 0. The monoisotopic (exact) mass is 409 g/mol. The molecule has 4 aromatic rings. The zero-order chi connectivity index (χ0) is 20.5. The van der Waals surface area contributed by atoms with Crippen molar-refractivity contribution >= 4 is 34.7 Å². The molecule has 5 nitrogen and oxygen atoms in total. The number of aromatic amines is 1. The molecule has 1 aromatic heterocycles. The molecule has 0 aliphatic rings. The lowest BCUT2D eigenvalue weighted by molar-refractivity contribution is 0.102. The minimum Gasteiger partial charge on any atom is -0.331 e. The summed E-state index contributed by atoms with van der Waals surface area (Å²) < 4.78 is 28.3. The lowest BCUT2D eigenvalue weighted by Gasteiger charge is -2.10. The molecule has 0 unspecified atom stereocenters. The van der Waals surface area contributed by atoms with Crippen LogP contribution in [0.1, 0.15) is 10.4 Å². The normalized spacial score (nSPS) is 10.8. The highest BCUT2D eigenvalue weighted by Gasteiger charge is 2.13. The Hall–Kier alpha value is -3.65. The van der Waals surface area contributed by atoms with Crippen molar-refractivity contribution in [2.24, 2.45) is 0 Å². The van der Waals surface area contributed by atoms with Crippen molar-refractivity contribution in [2.75, 3.05) is 5.32 Å². The number of amides is 1. The van der Waals surface area contributed by atoms with E-state index in [1.165, 1.54) is 22.8 Å². The van der Waals surface area contributed by atoms with Crippen molar-refractivity contribution < 1.29 is 13.6 Å². The van der Waals surface area contributed by atoms with Crippen LogP contribution in [0.3, 0.4) is 0 Å². The Kier molecular flexibility index (Phi) is 4.77. The lowest BCUT2D eigenvalue weighted by Crippen LogP contribution is -2.21. The van der Waals surface area contributed by atoms with Crippen molar-refractivity contribution in [1.82, 2.24) is 9.55 Å². The van der Waals surface area contributed by atoms with E-state index in [-0.39, 0.29) is 21.6 Å². The first kappa shape index (κ1) is 18.7. The first-order chi connectivity index (χ1) is 13.9. The van der Waals surface area contributed by atoms with Crippen molar-refractivity contribution in [3.8, 4) is 5.69 Å². The van der Waals surface area contributed by atoms with Crippen LogP contribution in [0.5, 0.6) is 0 Å². The summed E-state index contributed by atoms with van der Waals surface area (Å²) >= 11 is 5.31. The molecule has 2 N–H and O–H groups in total. The Morgan fingerprint density at radius 1 is 1.00 bits per heavy atom. The highest BCUT2D eigenvalue weighted by atomic mass is 32.1. The van der Waals surface area contributed by atoms with Crippen molar-refractivity contribution in [2.45, 2.75) is 0 Å². The largest absolute Gasteiger partial charge is 0.331 e. The summed E-state index contributed by atoms with van der Waals surface area (Å²) in [5.41, 5.74) is 0.702. The third-order valence-corrected chi connectivity index (χ3v) is 4.64. The molecule has 0 spiro atoms. The second kappa shape index (κ2) is 7.40. The molecule has 0 atom stereocenters.